The maximum Gasteiger partial charge on any atom is 0.232 e. The van der Waals surface area contributed by atoms with Crippen LogP contribution in [0.5, 0.6) is 5.75 Å². The molecule has 1 aliphatic rings. The molecule has 0 aliphatic carbocycles. The van der Waals surface area contributed by atoms with Gasteiger partial charge in [0.05, 0.1) is 17.6 Å². The van der Waals surface area contributed by atoms with E-state index in [1.165, 1.54) is 10.6 Å². The van der Waals surface area contributed by atoms with Gasteiger partial charge >= 0.3 is 0 Å². The van der Waals surface area contributed by atoms with Gasteiger partial charge in [-0.3, -0.25) is 4.31 Å². The number of hydrogen-bond acceptors (Lipinski definition) is 5. The lowest BCUT2D eigenvalue weighted by Crippen LogP contribution is -2.27. The van der Waals surface area contributed by atoms with Crippen LogP contribution in [0.3, 0.4) is 0 Å². The zero-order chi connectivity index (χ0) is 18.1. The minimum Gasteiger partial charge on any atom is -0.486 e. The molecule has 26 heavy (non-hydrogen) atoms. The molecule has 2 aromatic carbocycles. The van der Waals surface area contributed by atoms with Crippen molar-refractivity contribution in [3.63, 3.8) is 0 Å². The van der Waals surface area contributed by atoms with E-state index in [0.717, 1.165) is 39.7 Å². The SMILES string of the molecule is CS(=O)(=O)N1CCc2cc(-c3csc(COc4ccccc4)n3)ccc21. The summed E-state index contributed by atoms with van der Waals surface area (Å²) in [5, 5.41) is 2.91. The summed E-state index contributed by atoms with van der Waals surface area (Å²) in [5.41, 5.74) is 3.71. The predicted octanol–water partition coefficient (Wildman–Crippen LogP) is 3.71. The lowest BCUT2D eigenvalue weighted by Gasteiger charge is -2.16. The van der Waals surface area contributed by atoms with E-state index in [4.69, 9.17) is 4.74 Å². The van der Waals surface area contributed by atoms with E-state index < -0.39 is 10.0 Å². The quantitative estimate of drug-likeness (QED) is 0.671. The highest BCUT2D eigenvalue weighted by Gasteiger charge is 2.26. The summed E-state index contributed by atoms with van der Waals surface area (Å²) in [7, 11) is -3.22. The zero-order valence-electron chi connectivity index (χ0n) is 14.3. The van der Waals surface area contributed by atoms with Crippen molar-refractivity contribution in [3.05, 3.63) is 64.5 Å². The van der Waals surface area contributed by atoms with Gasteiger partial charge in [0, 0.05) is 17.5 Å². The van der Waals surface area contributed by atoms with Crippen LogP contribution in [0, 0.1) is 0 Å². The smallest absolute Gasteiger partial charge is 0.232 e. The number of para-hydroxylation sites is 1. The average Bonchev–Trinajstić information content (AvgIpc) is 3.27. The Morgan fingerprint density at radius 1 is 1.19 bits per heavy atom. The van der Waals surface area contributed by atoms with E-state index in [0.29, 0.717) is 13.2 Å². The first-order chi connectivity index (χ1) is 12.5. The number of ether oxygens (including phenoxy) is 1. The van der Waals surface area contributed by atoms with Crippen molar-refractivity contribution in [1.82, 2.24) is 4.98 Å². The van der Waals surface area contributed by atoms with Crippen LogP contribution in [0.2, 0.25) is 0 Å². The fourth-order valence-electron chi connectivity index (χ4n) is 3.05. The third-order valence-electron chi connectivity index (χ3n) is 4.29. The van der Waals surface area contributed by atoms with E-state index in [1.54, 1.807) is 11.3 Å². The normalized spacial score (nSPS) is 13.7. The fraction of sp³-hybridized carbons (Fsp3) is 0.211. The molecule has 0 atom stereocenters. The number of anilines is 1. The first-order valence-corrected chi connectivity index (χ1v) is 11.0. The van der Waals surface area contributed by atoms with Crippen molar-refractivity contribution in [2.45, 2.75) is 13.0 Å². The van der Waals surface area contributed by atoms with E-state index >= 15 is 0 Å². The van der Waals surface area contributed by atoms with Crippen LogP contribution in [0.25, 0.3) is 11.3 Å². The largest absolute Gasteiger partial charge is 0.486 e. The van der Waals surface area contributed by atoms with Crippen molar-refractivity contribution < 1.29 is 13.2 Å². The molecule has 1 aromatic heterocycles. The van der Waals surface area contributed by atoms with Gasteiger partial charge in [0.25, 0.3) is 0 Å². The maximum absolute atomic E-state index is 11.8. The number of fused-ring (bicyclic) bond motifs is 1. The van der Waals surface area contributed by atoms with Crippen molar-refractivity contribution in [1.29, 1.82) is 0 Å². The number of aromatic nitrogens is 1. The van der Waals surface area contributed by atoms with E-state index in [2.05, 4.69) is 4.98 Å². The molecule has 0 saturated carbocycles. The maximum atomic E-state index is 11.8. The summed E-state index contributed by atoms with van der Waals surface area (Å²) in [4.78, 5) is 4.65. The molecule has 5 nitrogen and oxygen atoms in total. The third kappa shape index (κ3) is 3.45. The molecule has 3 aromatic rings. The van der Waals surface area contributed by atoms with Crippen LogP contribution in [-0.4, -0.2) is 26.2 Å². The molecule has 0 unspecified atom stereocenters. The van der Waals surface area contributed by atoms with Gasteiger partial charge in [-0.1, -0.05) is 24.3 Å². The number of thiazole rings is 1. The Bertz CT molecular complexity index is 1030. The molecule has 0 N–H and O–H groups in total. The summed E-state index contributed by atoms with van der Waals surface area (Å²) < 4.78 is 30.9. The van der Waals surface area contributed by atoms with Gasteiger partial charge in [-0.05, 0) is 36.2 Å². The first kappa shape index (κ1) is 17.1. The Kier molecular flexibility index (Phi) is 4.42. The molecule has 0 fully saturated rings. The highest BCUT2D eigenvalue weighted by Crippen LogP contribution is 2.34. The van der Waals surface area contributed by atoms with Gasteiger partial charge in [-0.2, -0.15) is 0 Å². The minimum absolute atomic E-state index is 0.432. The minimum atomic E-state index is -3.22. The lowest BCUT2D eigenvalue weighted by molar-refractivity contribution is 0.305. The Morgan fingerprint density at radius 2 is 2.00 bits per heavy atom. The van der Waals surface area contributed by atoms with E-state index in [9.17, 15) is 8.42 Å². The second-order valence-corrected chi connectivity index (χ2v) is 9.01. The molecule has 134 valence electrons. The van der Waals surface area contributed by atoms with Crippen LogP contribution in [0.1, 0.15) is 10.6 Å². The third-order valence-corrected chi connectivity index (χ3v) is 6.29. The molecule has 0 radical (unpaired) electrons. The van der Waals surface area contributed by atoms with Gasteiger partial charge in [0.1, 0.15) is 17.4 Å². The average molecular weight is 386 g/mol. The standard InChI is InChI=1S/C19H18N2O3S2/c1-26(22,23)21-10-9-15-11-14(7-8-18(15)21)17-13-25-19(20-17)12-24-16-5-3-2-4-6-16/h2-8,11,13H,9-10,12H2,1H3. The molecular weight excluding hydrogens is 368 g/mol. The molecule has 1 aliphatic heterocycles. The fourth-order valence-corrected chi connectivity index (χ4v) is 4.72. The number of rotatable bonds is 5. The van der Waals surface area contributed by atoms with Crippen molar-refractivity contribution in [3.8, 4) is 17.0 Å². The summed E-state index contributed by atoms with van der Waals surface area (Å²) in [6.07, 6.45) is 1.97. The lowest BCUT2D eigenvalue weighted by atomic mass is 10.1. The summed E-state index contributed by atoms with van der Waals surface area (Å²) in [5.74, 6) is 0.822. The molecule has 2 heterocycles. The van der Waals surface area contributed by atoms with Gasteiger partial charge in [0.15, 0.2) is 0 Å². The van der Waals surface area contributed by atoms with Gasteiger partial charge in [0.2, 0.25) is 10.0 Å². The highest BCUT2D eigenvalue weighted by molar-refractivity contribution is 7.92. The number of sulfonamides is 1. The van der Waals surface area contributed by atoms with Crippen LogP contribution in [0.4, 0.5) is 5.69 Å². The van der Waals surface area contributed by atoms with Crippen LogP contribution < -0.4 is 9.04 Å². The molecule has 0 amide bonds. The zero-order valence-corrected chi connectivity index (χ0v) is 15.9. The predicted molar refractivity (Wildman–Crippen MR) is 104 cm³/mol. The van der Waals surface area contributed by atoms with Gasteiger partial charge in [-0.25, -0.2) is 13.4 Å². The summed E-state index contributed by atoms with van der Waals surface area (Å²) >= 11 is 1.56. The van der Waals surface area contributed by atoms with Crippen LogP contribution in [0.15, 0.2) is 53.9 Å². The molecule has 0 spiro atoms. The Labute approximate surface area is 156 Å². The molecule has 0 saturated heterocycles. The monoisotopic (exact) mass is 386 g/mol. The molecule has 0 bridgehead atoms. The Morgan fingerprint density at radius 3 is 2.77 bits per heavy atom. The van der Waals surface area contributed by atoms with Crippen molar-refractivity contribution >= 4 is 27.0 Å². The first-order valence-electron chi connectivity index (χ1n) is 8.24. The highest BCUT2D eigenvalue weighted by atomic mass is 32.2. The second kappa shape index (κ2) is 6.74. The van der Waals surface area contributed by atoms with Gasteiger partial charge < -0.3 is 4.74 Å². The Hall–Kier alpha value is -2.38. The summed E-state index contributed by atoms with van der Waals surface area (Å²) in [6.45, 7) is 0.937. The van der Waals surface area contributed by atoms with E-state index in [1.807, 2.05) is 53.9 Å². The number of benzene rings is 2. The molecule has 4 rings (SSSR count). The number of nitrogens with zero attached hydrogens (tertiary/aromatic N) is 2. The Balaban J connectivity index is 1.52. The van der Waals surface area contributed by atoms with Gasteiger partial charge in [-0.15, -0.1) is 11.3 Å². The number of hydrogen-bond donors (Lipinski definition) is 0. The molecular formula is C19H18N2O3S2. The summed E-state index contributed by atoms with van der Waals surface area (Å²) in [6, 6.07) is 15.5. The topological polar surface area (TPSA) is 59.5 Å². The second-order valence-electron chi connectivity index (χ2n) is 6.16. The van der Waals surface area contributed by atoms with Crippen LogP contribution >= 0.6 is 11.3 Å². The van der Waals surface area contributed by atoms with Crippen molar-refractivity contribution in [2.24, 2.45) is 0 Å². The van der Waals surface area contributed by atoms with Crippen molar-refractivity contribution in [2.75, 3.05) is 17.1 Å². The van der Waals surface area contributed by atoms with E-state index in [-0.39, 0.29) is 0 Å². The van der Waals surface area contributed by atoms with Crippen LogP contribution in [-0.2, 0) is 23.1 Å². The molecule has 7 heteroatoms.